The van der Waals surface area contributed by atoms with Gasteiger partial charge in [0.25, 0.3) is 0 Å². The Bertz CT molecular complexity index is 388. The summed E-state index contributed by atoms with van der Waals surface area (Å²) in [7, 11) is 1.66. The molecule has 4 heteroatoms. The van der Waals surface area contributed by atoms with Crippen LogP contribution in [0.1, 0.15) is 38.8 Å². The lowest BCUT2D eigenvalue weighted by Gasteiger charge is -2.15. The summed E-state index contributed by atoms with van der Waals surface area (Å²) < 4.78 is 5.13. The van der Waals surface area contributed by atoms with E-state index in [2.05, 4.69) is 17.6 Å². The molecule has 0 aromatic heterocycles. The van der Waals surface area contributed by atoms with Gasteiger partial charge in [-0.2, -0.15) is 0 Å². The third kappa shape index (κ3) is 5.75. The Kier molecular flexibility index (Phi) is 6.36. The van der Waals surface area contributed by atoms with Gasteiger partial charge in [-0.05, 0) is 38.5 Å². The minimum absolute atomic E-state index is 0.0874. The van der Waals surface area contributed by atoms with E-state index in [1.807, 2.05) is 38.1 Å². The Labute approximate surface area is 115 Å². The summed E-state index contributed by atoms with van der Waals surface area (Å²) in [6.45, 7) is 6.69. The fourth-order valence-corrected chi connectivity index (χ4v) is 1.81. The second-order valence-corrected chi connectivity index (χ2v) is 4.92. The van der Waals surface area contributed by atoms with E-state index in [4.69, 9.17) is 4.74 Å². The van der Waals surface area contributed by atoms with Crippen LogP contribution < -0.4 is 15.4 Å². The van der Waals surface area contributed by atoms with Crippen molar-refractivity contribution in [1.82, 2.24) is 10.6 Å². The van der Waals surface area contributed by atoms with E-state index in [9.17, 15) is 4.79 Å². The van der Waals surface area contributed by atoms with Gasteiger partial charge in [-0.25, -0.2) is 0 Å². The third-order valence-corrected chi connectivity index (χ3v) is 2.87. The normalized spacial score (nSPS) is 12.3. The van der Waals surface area contributed by atoms with Crippen LogP contribution in [0.25, 0.3) is 0 Å². The van der Waals surface area contributed by atoms with Crippen LogP contribution in [0.2, 0.25) is 0 Å². The Morgan fingerprint density at radius 2 is 1.84 bits per heavy atom. The molecular weight excluding hydrogens is 240 g/mol. The summed E-state index contributed by atoms with van der Waals surface area (Å²) in [6.07, 6.45) is 0.499. The Balaban J connectivity index is 2.34. The Morgan fingerprint density at radius 1 is 1.21 bits per heavy atom. The van der Waals surface area contributed by atoms with Crippen LogP contribution in [0.4, 0.5) is 0 Å². The molecule has 1 aromatic rings. The maximum absolute atomic E-state index is 11.5. The topological polar surface area (TPSA) is 50.4 Å². The average molecular weight is 264 g/mol. The van der Waals surface area contributed by atoms with Gasteiger partial charge in [0.15, 0.2) is 0 Å². The van der Waals surface area contributed by atoms with Gasteiger partial charge in [-0.1, -0.05) is 12.1 Å². The number of methoxy groups -OCH3 is 1. The predicted molar refractivity (Wildman–Crippen MR) is 77.3 cm³/mol. The number of carbonyl (C=O) groups excluding carboxylic acids is 1. The highest BCUT2D eigenvalue weighted by atomic mass is 16.5. The molecule has 0 fully saturated rings. The second-order valence-electron chi connectivity index (χ2n) is 4.92. The lowest BCUT2D eigenvalue weighted by atomic mass is 10.1. The van der Waals surface area contributed by atoms with Crippen molar-refractivity contribution in [3.8, 4) is 5.75 Å². The number of hydrogen-bond donors (Lipinski definition) is 2. The first kappa shape index (κ1) is 15.5. The van der Waals surface area contributed by atoms with Gasteiger partial charge in [0, 0.05) is 25.0 Å². The molecule has 0 radical (unpaired) electrons. The summed E-state index contributed by atoms with van der Waals surface area (Å²) >= 11 is 0. The Morgan fingerprint density at radius 3 is 2.37 bits per heavy atom. The van der Waals surface area contributed by atoms with E-state index in [-0.39, 0.29) is 18.0 Å². The molecule has 0 aliphatic rings. The van der Waals surface area contributed by atoms with Crippen LogP contribution in [-0.4, -0.2) is 25.6 Å². The molecule has 1 aromatic carbocycles. The summed E-state index contributed by atoms with van der Waals surface area (Å²) in [5, 5.41) is 6.21. The lowest BCUT2D eigenvalue weighted by molar-refractivity contribution is -0.121. The van der Waals surface area contributed by atoms with Crippen molar-refractivity contribution < 1.29 is 9.53 Å². The van der Waals surface area contributed by atoms with Crippen molar-refractivity contribution in [2.75, 3.05) is 13.7 Å². The largest absolute Gasteiger partial charge is 0.497 e. The summed E-state index contributed by atoms with van der Waals surface area (Å²) in [5.74, 6) is 0.941. The van der Waals surface area contributed by atoms with Crippen LogP contribution in [0, 0.1) is 0 Å². The van der Waals surface area contributed by atoms with E-state index in [1.165, 1.54) is 5.56 Å². The first-order valence-corrected chi connectivity index (χ1v) is 6.69. The first-order chi connectivity index (χ1) is 9.02. The SMILES string of the molecule is COc1ccc([C@@H](C)NCCC(=O)NC(C)C)cc1. The minimum atomic E-state index is 0.0874. The van der Waals surface area contributed by atoms with Gasteiger partial charge in [-0.15, -0.1) is 0 Å². The predicted octanol–water partition coefficient (Wildman–Crippen LogP) is 2.26. The number of ether oxygens (including phenoxy) is 1. The zero-order valence-corrected chi connectivity index (χ0v) is 12.2. The van der Waals surface area contributed by atoms with Crippen LogP contribution in [0.5, 0.6) is 5.75 Å². The van der Waals surface area contributed by atoms with Gasteiger partial charge in [0.2, 0.25) is 5.91 Å². The Hall–Kier alpha value is -1.55. The average Bonchev–Trinajstić information content (AvgIpc) is 2.37. The fourth-order valence-electron chi connectivity index (χ4n) is 1.81. The molecule has 1 atom stereocenters. The molecule has 0 saturated heterocycles. The molecule has 4 nitrogen and oxygen atoms in total. The quantitative estimate of drug-likeness (QED) is 0.794. The highest BCUT2D eigenvalue weighted by Gasteiger charge is 2.07. The standard InChI is InChI=1S/C15H24N2O2/c1-11(2)17-15(18)9-10-16-12(3)13-5-7-14(19-4)8-6-13/h5-8,11-12,16H,9-10H2,1-4H3,(H,17,18)/t12-/m1/s1. The molecule has 1 rings (SSSR count). The number of carbonyl (C=O) groups is 1. The maximum atomic E-state index is 11.5. The van der Waals surface area contributed by atoms with Crippen LogP contribution >= 0.6 is 0 Å². The van der Waals surface area contributed by atoms with Crippen molar-refractivity contribution >= 4 is 5.91 Å². The monoisotopic (exact) mass is 264 g/mol. The first-order valence-electron chi connectivity index (χ1n) is 6.69. The van der Waals surface area contributed by atoms with E-state index >= 15 is 0 Å². The third-order valence-electron chi connectivity index (χ3n) is 2.87. The number of hydrogen-bond acceptors (Lipinski definition) is 3. The molecule has 1 amide bonds. The van der Waals surface area contributed by atoms with Gasteiger partial charge < -0.3 is 15.4 Å². The van der Waals surface area contributed by atoms with Crippen molar-refractivity contribution in [3.63, 3.8) is 0 Å². The maximum Gasteiger partial charge on any atom is 0.221 e. The molecule has 0 aliphatic heterocycles. The van der Waals surface area contributed by atoms with Gasteiger partial charge in [0.1, 0.15) is 5.75 Å². The highest BCUT2D eigenvalue weighted by molar-refractivity contribution is 5.76. The van der Waals surface area contributed by atoms with E-state index in [0.717, 1.165) is 5.75 Å². The lowest BCUT2D eigenvalue weighted by Crippen LogP contribution is -2.33. The number of rotatable bonds is 7. The van der Waals surface area contributed by atoms with Crippen molar-refractivity contribution in [1.29, 1.82) is 0 Å². The summed E-state index contributed by atoms with van der Waals surface area (Å²) in [5.41, 5.74) is 1.19. The molecule has 0 heterocycles. The minimum Gasteiger partial charge on any atom is -0.497 e. The van der Waals surface area contributed by atoms with Crippen molar-refractivity contribution in [2.24, 2.45) is 0 Å². The van der Waals surface area contributed by atoms with E-state index in [0.29, 0.717) is 13.0 Å². The van der Waals surface area contributed by atoms with E-state index < -0.39 is 0 Å². The molecule has 2 N–H and O–H groups in total. The molecule has 106 valence electrons. The summed E-state index contributed by atoms with van der Waals surface area (Å²) in [4.78, 5) is 11.5. The molecule has 0 aliphatic carbocycles. The van der Waals surface area contributed by atoms with Gasteiger partial charge >= 0.3 is 0 Å². The van der Waals surface area contributed by atoms with Gasteiger partial charge in [0.05, 0.1) is 7.11 Å². The van der Waals surface area contributed by atoms with Crippen LogP contribution in [0.3, 0.4) is 0 Å². The smallest absolute Gasteiger partial charge is 0.221 e. The van der Waals surface area contributed by atoms with Crippen molar-refractivity contribution in [3.05, 3.63) is 29.8 Å². The zero-order valence-electron chi connectivity index (χ0n) is 12.2. The molecule has 0 unspecified atom stereocenters. The molecule has 0 spiro atoms. The van der Waals surface area contributed by atoms with Crippen molar-refractivity contribution in [2.45, 2.75) is 39.3 Å². The molecule has 19 heavy (non-hydrogen) atoms. The number of amides is 1. The second kappa shape index (κ2) is 7.79. The zero-order chi connectivity index (χ0) is 14.3. The molecular formula is C15H24N2O2. The van der Waals surface area contributed by atoms with Crippen LogP contribution in [0.15, 0.2) is 24.3 Å². The number of nitrogens with one attached hydrogen (secondary N) is 2. The molecule has 0 saturated carbocycles. The fraction of sp³-hybridized carbons (Fsp3) is 0.533. The van der Waals surface area contributed by atoms with E-state index in [1.54, 1.807) is 7.11 Å². The summed E-state index contributed by atoms with van der Waals surface area (Å²) in [6, 6.07) is 8.37. The molecule has 0 bridgehead atoms. The number of benzene rings is 1. The van der Waals surface area contributed by atoms with Crippen LogP contribution in [-0.2, 0) is 4.79 Å². The highest BCUT2D eigenvalue weighted by Crippen LogP contribution is 2.16. The van der Waals surface area contributed by atoms with Gasteiger partial charge in [-0.3, -0.25) is 4.79 Å².